The zero-order chi connectivity index (χ0) is 41.7. The molecule has 0 aliphatic heterocycles. The van der Waals surface area contributed by atoms with Crippen LogP contribution >= 0.6 is 0 Å². The predicted octanol–water partition coefficient (Wildman–Crippen LogP) is 16.0. The molecule has 1 aromatic heterocycles. The molecule has 2 nitrogen and oxygen atoms in total. The predicted molar refractivity (Wildman–Crippen MR) is 264 cm³/mol. The highest BCUT2D eigenvalue weighted by Gasteiger charge is 2.46. The summed E-state index contributed by atoms with van der Waals surface area (Å²) in [5.41, 5.74) is 18.9. The number of benzene rings is 10. The van der Waals surface area contributed by atoms with Gasteiger partial charge < -0.3 is 9.47 Å². The summed E-state index contributed by atoms with van der Waals surface area (Å²) < 4.78 is 2.38. The van der Waals surface area contributed by atoms with Gasteiger partial charge in [0.25, 0.3) is 0 Å². The number of para-hydroxylation sites is 2. The molecule has 296 valence electrons. The smallest absolute Gasteiger partial charge is 0.0713 e. The van der Waals surface area contributed by atoms with Gasteiger partial charge in [-0.05, 0) is 122 Å². The van der Waals surface area contributed by atoms with Crippen molar-refractivity contribution in [2.24, 2.45) is 0 Å². The highest BCUT2D eigenvalue weighted by molar-refractivity contribution is 6.09. The van der Waals surface area contributed by atoms with Gasteiger partial charge in [0.2, 0.25) is 0 Å². The first-order valence-corrected chi connectivity index (χ1v) is 21.8. The molecule has 0 saturated carbocycles. The first-order valence-electron chi connectivity index (χ1n) is 21.8. The number of aromatic nitrogens is 1. The van der Waals surface area contributed by atoms with Crippen molar-refractivity contribution < 1.29 is 0 Å². The molecule has 0 bridgehead atoms. The van der Waals surface area contributed by atoms with Crippen molar-refractivity contribution >= 4 is 38.9 Å². The van der Waals surface area contributed by atoms with E-state index in [1.807, 2.05) is 0 Å². The third-order valence-electron chi connectivity index (χ3n) is 13.1. The molecule has 11 aromatic rings. The van der Waals surface area contributed by atoms with Crippen LogP contribution in [0.25, 0.3) is 60.9 Å². The normalized spacial score (nSPS) is 12.6. The van der Waals surface area contributed by atoms with Crippen LogP contribution in [0.15, 0.2) is 255 Å². The van der Waals surface area contributed by atoms with Gasteiger partial charge in [-0.3, -0.25) is 0 Å². The second kappa shape index (κ2) is 15.1. The van der Waals surface area contributed by atoms with Gasteiger partial charge in [-0.2, -0.15) is 0 Å². The molecule has 63 heavy (non-hydrogen) atoms. The standard InChI is InChI=1S/C61H42N2/c1-4-16-43(17-5-1)44-28-33-49(34-29-44)62(51-37-39-52(40-38-51)63-59-26-14-11-23-55(59)56-24-12-15-27-60(56)63)50-35-30-45(31-36-50)46-32-41-54-53-22-10-13-25-57(53)61(58(54)42-46,47-18-6-2-7-19-47)48-20-8-3-9-21-48/h1-42H. The molecule has 1 aliphatic carbocycles. The van der Waals surface area contributed by atoms with Crippen LogP contribution in [0, 0.1) is 0 Å². The maximum Gasteiger partial charge on any atom is 0.0713 e. The van der Waals surface area contributed by atoms with E-state index in [1.165, 1.54) is 77.4 Å². The quantitative estimate of drug-likeness (QED) is 0.149. The van der Waals surface area contributed by atoms with Gasteiger partial charge in [0.1, 0.15) is 0 Å². The Bertz CT molecular complexity index is 3310. The lowest BCUT2D eigenvalue weighted by Crippen LogP contribution is -2.28. The fourth-order valence-electron chi connectivity index (χ4n) is 10.3. The van der Waals surface area contributed by atoms with Crippen molar-refractivity contribution in [3.63, 3.8) is 0 Å². The summed E-state index contributed by atoms with van der Waals surface area (Å²) in [6.45, 7) is 0. The number of fused-ring (bicyclic) bond motifs is 6. The molecule has 0 radical (unpaired) electrons. The van der Waals surface area contributed by atoms with Gasteiger partial charge in [0.15, 0.2) is 0 Å². The summed E-state index contributed by atoms with van der Waals surface area (Å²) in [6, 6.07) is 93.1. The van der Waals surface area contributed by atoms with E-state index in [0.717, 1.165) is 22.7 Å². The Balaban J connectivity index is 0.963. The van der Waals surface area contributed by atoms with Crippen LogP contribution in [-0.2, 0) is 5.41 Å². The summed E-state index contributed by atoms with van der Waals surface area (Å²) in [5.74, 6) is 0. The Labute approximate surface area is 368 Å². The second-order valence-corrected chi connectivity index (χ2v) is 16.5. The highest BCUT2D eigenvalue weighted by Crippen LogP contribution is 2.56. The molecule has 0 atom stereocenters. The van der Waals surface area contributed by atoms with Gasteiger partial charge in [-0.15, -0.1) is 0 Å². The molecule has 2 heteroatoms. The van der Waals surface area contributed by atoms with Crippen molar-refractivity contribution in [1.82, 2.24) is 4.57 Å². The summed E-state index contributed by atoms with van der Waals surface area (Å²) in [5, 5.41) is 2.52. The van der Waals surface area contributed by atoms with Crippen LogP contribution in [0.5, 0.6) is 0 Å². The van der Waals surface area contributed by atoms with Crippen LogP contribution in [0.2, 0.25) is 0 Å². The zero-order valence-corrected chi connectivity index (χ0v) is 34.6. The lowest BCUT2D eigenvalue weighted by Gasteiger charge is -2.34. The fraction of sp³-hybridized carbons (Fsp3) is 0.0164. The van der Waals surface area contributed by atoms with E-state index < -0.39 is 5.41 Å². The molecule has 12 rings (SSSR count). The zero-order valence-electron chi connectivity index (χ0n) is 34.6. The molecule has 1 heterocycles. The topological polar surface area (TPSA) is 8.17 Å². The molecule has 10 aromatic carbocycles. The summed E-state index contributed by atoms with van der Waals surface area (Å²) >= 11 is 0. The Kier molecular flexibility index (Phi) is 8.76. The minimum absolute atomic E-state index is 0.446. The van der Waals surface area contributed by atoms with Crippen LogP contribution < -0.4 is 4.90 Å². The average Bonchev–Trinajstić information content (AvgIpc) is 3.86. The van der Waals surface area contributed by atoms with E-state index in [1.54, 1.807) is 0 Å². The Morgan fingerprint density at radius 3 is 1.29 bits per heavy atom. The lowest BCUT2D eigenvalue weighted by atomic mass is 9.67. The largest absolute Gasteiger partial charge is 0.311 e. The number of hydrogen-bond acceptors (Lipinski definition) is 1. The van der Waals surface area contributed by atoms with Crippen LogP contribution in [-0.4, -0.2) is 4.57 Å². The summed E-state index contributed by atoms with van der Waals surface area (Å²) in [4.78, 5) is 2.36. The maximum atomic E-state index is 2.44. The average molecular weight is 803 g/mol. The van der Waals surface area contributed by atoms with Crippen LogP contribution in [0.1, 0.15) is 22.3 Å². The SMILES string of the molecule is c1ccc(-c2ccc(N(c3ccc(-c4ccc5c(c4)C(c4ccccc4)(c4ccccc4)c4ccccc4-5)cc3)c3ccc(-n4c5ccccc5c5ccccc54)cc3)cc2)cc1. The lowest BCUT2D eigenvalue weighted by molar-refractivity contribution is 0.769. The van der Waals surface area contributed by atoms with Gasteiger partial charge in [0, 0.05) is 33.5 Å². The van der Waals surface area contributed by atoms with E-state index in [-0.39, 0.29) is 0 Å². The summed E-state index contributed by atoms with van der Waals surface area (Å²) in [7, 11) is 0. The molecule has 0 fully saturated rings. The third kappa shape index (κ3) is 5.95. The van der Waals surface area contributed by atoms with E-state index in [2.05, 4.69) is 264 Å². The molecule has 0 unspecified atom stereocenters. The van der Waals surface area contributed by atoms with Crippen molar-refractivity contribution in [1.29, 1.82) is 0 Å². The van der Waals surface area contributed by atoms with E-state index >= 15 is 0 Å². The molecule has 0 N–H and O–H groups in total. The number of nitrogens with zero attached hydrogens (tertiary/aromatic N) is 2. The van der Waals surface area contributed by atoms with Crippen LogP contribution in [0.3, 0.4) is 0 Å². The summed E-state index contributed by atoms with van der Waals surface area (Å²) in [6.07, 6.45) is 0. The first-order chi connectivity index (χ1) is 31.3. The van der Waals surface area contributed by atoms with E-state index in [9.17, 15) is 0 Å². The maximum absolute atomic E-state index is 2.44. The minimum Gasteiger partial charge on any atom is -0.311 e. The highest BCUT2D eigenvalue weighted by atomic mass is 15.1. The van der Waals surface area contributed by atoms with Gasteiger partial charge in [-0.1, -0.05) is 188 Å². The van der Waals surface area contributed by atoms with Crippen LogP contribution in [0.4, 0.5) is 17.1 Å². The molecule has 0 spiro atoms. The molecular formula is C61H42N2. The van der Waals surface area contributed by atoms with Gasteiger partial charge in [0.05, 0.1) is 16.4 Å². The molecule has 0 saturated heterocycles. The Morgan fingerprint density at radius 2 is 0.714 bits per heavy atom. The minimum atomic E-state index is -0.446. The van der Waals surface area contributed by atoms with Crippen molar-refractivity contribution in [2.45, 2.75) is 5.41 Å². The number of rotatable bonds is 8. The number of anilines is 3. The van der Waals surface area contributed by atoms with Gasteiger partial charge in [-0.25, -0.2) is 0 Å². The fourth-order valence-corrected chi connectivity index (χ4v) is 10.3. The first kappa shape index (κ1) is 36.6. The van der Waals surface area contributed by atoms with E-state index in [4.69, 9.17) is 0 Å². The van der Waals surface area contributed by atoms with Gasteiger partial charge >= 0.3 is 0 Å². The molecular weight excluding hydrogens is 761 g/mol. The molecule has 0 amide bonds. The molecule has 1 aliphatic rings. The third-order valence-corrected chi connectivity index (χ3v) is 13.1. The van der Waals surface area contributed by atoms with E-state index in [0.29, 0.717) is 0 Å². The number of hydrogen-bond donors (Lipinski definition) is 0. The van der Waals surface area contributed by atoms with Crippen molar-refractivity contribution in [2.75, 3.05) is 4.90 Å². The van der Waals surface area contributed by atoms with Crippen molar-refractivity contribution in [3.8, 4) is 39.1 Å². The Morgan fingerprint density at radius 1 is 0.302 bits per heavy atom. The monoisotopic (exact) mass is 802 g/mol. The Hall–Kier alpha value is -8.20. The second-order valence-electron chi connectivity index (χ2n) is 16.5. The van der Waals surface area contributed by atoms with Crippen molar-refractivity contribution in [3.05, 3.63) is 277 Å².